The molecule has 1 N–H and O–H groups in total. The van der Waals surface area contributed by atoms with Crippen LogP contribution >= 0.6 is 0 Å². The van der Waals surface area contributed by atoms with Gasteiger partial charge in [0.1, 0.15) is 11.8 Å². The number of nitrogens with one attached hydrogen (secondary N) is 1. The Bertz CT molecular complexity index is 1190. The van der Waals surface area contributed by atoms with Gasteiger partial charge in [0.25, 0.3) is 0 Å². The summed E-state index contributed by atoms with van der Waals surface area (Å²) in [5.74, 6) is 2.19. The van der Waals surface area contributed by atoms with Crippen molar-refractivity contribution >= 4 is 22.6 Å². The molecule has 1 aromatic carbocycles. The number of oxazole rings is 1. The van der Waals surface area contributed by atoms with Crippen LogP contribution in [0.25, 0.3) is 22.2 Å². The molecule has 0 spiro atoms. The van der Waals surface area contributed by atoms with Crippen LogP contribution in [-0.2, 0) is 9.59 Å². The summed E-state index contributed by atoms with van der Waals surface area (Å²) in [6.07, 6.45) is 6.71. The second kappa shape index (κ2) is 12.1. The number of rotatable bonds is 13. The van der Waals surface area contributed by atoms with E-state index in [2.05, 4.69) is 27.2 Å². The van der Waals surface area contributed by atoms with Crippen LogP contribution in [0.3, 0.4) is 0 Å². The van der Waals surface area contributed by atoms with E-state index in [1.807, 2.05) is 37.3 Å². The second-order valence-electron chi connectivity index (χ2n) is 9.70. The molecule has 8 heteroatoms. The van der Waals surface area contributed by atoms with Crippen molar-refractivity contribution in [3.8, 4) is 17.2 Å². The first-order valence-electron chi connectivity index (χ1n) is 12.9. The van der Waals surface area contributed by atoms with Crippen LogP contribution in [0.1, 0.15) is 63.8 Å². The minimum atomic E-state index is -0.328. The Morgan fingerprint density at radius 2 is 2.03 bits per heavy atom. The van der Waals surface area contributed by atoms with E-state index < -0.39 is 0 Å². The standard InChI is InChI=1S/C28H36N4O4/c1-4-21(33)11-6-5-7-13-24(30-26(34)14-19-17-32(2)18-19)28-29-16-25(36-28)22-15-20-10-8-9-12-23(20)31-27(22)35-3/h8-10,12,15-16,19,24H,4-7,11,13-14,17-18H2,1-3H3,(H,30,34). The van der Waals surface area contributed by atoms with Gasteiger partial charge >= 0.3 is 0 Å². The number of ether oxygens (including phenoxy) is 1. The number of unbranched alkanes of at least 4 members (excludes halogenated alkanes) is 2. The third-order valence-corrected chi connectivity index (χ3v) is 6.76. The highest BCUT2D eigenvalue weighted by Gasteiger charge is 2.28. The molecule has 1 amide bonds. The predicted octanol–water partition coefficient (Wildman–Crippen LogP) is 4.94. The van der Waals surface area contributed by atoms with E-state index in [-0.39, 0.29) is 11.9 Å². The summed E-state index contributed by atoms with van der Waals surface area (Å²) in [4.78, 5) is 35.8. The van der Waals surface area contributed by atoms with Gasteiger partial charge in [0, 0.05) is 37.7 Å². The smallest absolute Gasteiger partial charge is 0.224 e. The van der Waals surface area contributed by atoms with Crippen LogP contribution in [0.15, 0.2) is 40.9 Å². The zero-order valence-electron chi connectivity index (χ0n) is 21.5. The number of pyridine rings is 1. The molecule has 192 valence electrons. The van der Waals surface area contributed by atoms with Gasteiger partial charge in [-0.05, 0) is 37.9 Å². The quantitative estimate of drug-likeness (QED) is 0.338. The minimum absolute atomic E-state index is 0.0176. The summed E-state index contributed by atoms with van der Waals surface area (Å²) in [7, 11) is 3.65. The first-order valence-corrected chi connectivity index (χ1v) is 12.9. The Labute approximate surface area is 212 Å². The normalized spacial score (nSPS) is 15.0. The van der Waals surface area contributed by atoms with Gasteiger partial charge in [-0.3, -0.25) is 9.59 Å². The number of ketones is 1. The van der Waals surface area contributed by atoms with Crippen molar-refractivity contribution in [1.82, 2.24) is 20.2 Å². The Morgan fingerprint density at radius 1 is 1.22 bits per heavy atom. The highest BCUT2D eigenvalue weighted by Crippen LogP contribution is 2.33. The fourth-order valence-electron chi connectivity index (χ4n) is 4.76. The molecule has 3 heterocycles. The SMILES string of the molecule is CCC(=O)CCCCCC(NC(=O)CC1CN(C)C1)c1ncc(-c2cc3ccccc3nc2OC)o1. The lowest BCUT2D eigenvalue weighted by Gasteiger charge is -2.35. The molecule has 0 saturated carbocycles. The summed E-state index contributed by atoms with van der Waals surface area (Å²) >= 11 is 0. The number of methoxy groups -OCH3 is 1. The number of hydrogen-bond donors (Lipinski definition) is 1. The number of nitrogens with zero attached hydrogens (tertiary/aromatic N) is 3. The van der Waals surface area contributed by atoms with Crippen LogP contribution in [-0.4, -0.2) is 53.8 Å². The average molecular weight is 493 g/mol. The van der Waals surface area contributed by atoms with Crippen molar-refractivity contribution < 1.29 is 18.7 Å². The van der Waals surface area contributed by atoms with Crippen molar-refractivity contribution in [2.45, 2.75) is 57.9 Å². The predicted molar refractivity (Wildman–Crippen MR) is 139 cm³/mol. The third-order valence-electron chi connectivity index (χ3n) is 6.76. The molecule has 1 atom stereocenters. The van der Waals surface area contributed by atoms with Gasteiger partial charge in [-0.15, -0.1) is 0 Å². The molecule has 1 fully saturated rings. The topological polar surface area (TPSA) is 97.6 Å². The van der Waals surface area contributed by atoms with E-state index in [0.717, 1.165) is 48.8 Å². The van der Waals surface area contributed by atoms with Gasteiger partial charge in [-0.1, -0.05) is 38.0 Å². The molecule has 0 aliphatic carbocycles. The fourth-order valence-corrected chi connectivity index (χ4v) is 4.76. The van der Waals surface area contributed by atoms with E-state index in [1.165, 1.54) is 0 Å². The highest BCUT2D eigenvalue weighted by molar-refractivity contribution is 5.85. The lowest BCUT2D eigenvalue weighted by atomic mass is 9.96. The molecule has 0 radical (unpaired) electrons. The van der Waals surface area contributed by atoms with Crippen LogP contribution in [0, 0.1) is 5.92 Å². The minimum Gasteiger partial charge on any atom is -0.480 e. The van der Waals surface area contributed by atoms with Crippen molar-refractivity contribution in [3.63, 3.8) is 0 Å². The number of carbonyl (C=O) groups excluding carboxylic acids is 2. The molecule has 0 bridgehead atoms. The van der Waals surface area contributed by atoms with Crippen LogP contribution < -0.4 is 10.1 Å². The molecule has 1 saturated heterocycles. The lowest BCUT2D eigenvalue weighted by molar-refractivity contribution is -0.124. The first-order chi connectivity index (χ1) is 17.5. The molecule has 4 rings (SSSR count). The number of amides is 1. The van der Waals surface area contributed by atoms with Gasteiger partial charge in [0.15, 0.2) is 5.76 Å². The number of fused-ring (bicyclic) bond motifs is 1. The van der Waals surface area contributed by atoms with Crippen LogP contribution in [0.5, 0.6) is 5.88 Å². The van der Waals surface area contributed by atoms with Crippen molar-refractivity contribution in [2.75, 3.05) is 27.2 Å². The van der Waals surface area contributed by atoms with E-state index in [4.69, 9.17) is 9.15 Å². The first kappa shape index (κ1) is 25.8. The van der Waals surface area contributed by atoms with E-state index in [0.29, 0.717) is 54.9 Å². The molecule has 36 heavy (non-hydrogen) atoms. The number of hydrogen-bond acceptors (Lipinski definition) is 7. The largest absolute Gasteiger partial charge is 0.480 e. The summed E-state index contributed by atoms with van der Waals surface area (Å²) in [6, 6.07) is 9.49. The number of carbonyl (C=O) groups is 2. The maximum atomic E-state index is 12.8. The Hall–Kier alpha value is -3.26. The molecular formula is C28H36N4O4. The average Bonchev–Trinajstić information content (AvgIpc) is 3.36. The number of likely N-dealkylation sites (tertiary alicyclic amines) is 1. The summed E-state index contributed by atoms with van der Waals surface area (Å²) < 4.78 is 11.7. The Morgan fingerprint density at radius 3 is 2.78 bits per heavy atom. The monoisotopic (exact) mass is 492 g/mol. The van der Waals surface area contributed by atoms with E-state index >= 15 is 0 Å². The van der Waals surface area contributed by atoms with Crippen LogP contribution in [0.2, 0.25) is 0 Å². The Kier molecular flexibility index (Phi) is 8.70. The second-order valence-corrected chi connectivity index (χ2v) is 9.70. The maximum absolute atomic E-state index is 12.8. The molecule has 1 unspecified atom stereocenters. The fraction of sp³-hybridized carbons (Fsp3) is 0.500. The van der Waals surface area contributed by atoms with E-state index in [1.54, 1.807) is 13.3 Å². The molecule has 2 aromatic heterocycles. The zero-order chi connectivity index (χ0) is 25.5. The van der Waals surface area contributed by atoms with Gasteiger partial charge in [0.2, 0.25) is 17.7 Å². The summed E-state index contributed by atoms with van der Waals surface area (Å²) in [5.41, 5.74) is 1.56. The molecule has 3 aromatic rings. The van der Waals surface area contributed by atoms with Gasteiger partial charge in [-0.25, -0.2) is 9.97 Å². The van der Waals surface area contributed by atoms with Crippen LogP contribution in [0.4, 0.5) is 0 Å². The van der Waals surface area contributed by atoms with Crippen molar-refractivity contribution in [3.05, 3.63) is 42.4 Å². The van der Waals surface area contributed by atoms with Gasteiger partial charge < -0.3 is 19.4 Å². The number of Topliss-reactive ketones (excluding diaryl/α,β-unsaturated/α-hetero) is 1. The molecule has 1 aliphatic rings. The van der Waals surface area contributed by atoms with Crippen molar-refractivity contribution in [1.29, 1.82) is 0 Å². The van der Waals surface area contributed by atoms with Gasteiger partial charge in [0.05, 0.1) is 24.4 Å². The van der Waals surface area contributed by atoms with Gasteiger partial charge in [-0.2, -0.15) is 0 Å². The lowest BCUT2D eigenvalue weighted by Crippen LogP contribution is -2.46. The molecule has 1 aliphatic heterocycles. The number of aromatic nitrogens is 2. The zero-order valence-corrected chi connectivity index (χ0v) is 21.5. The highest BCUT2D eigenvalue weighted by atomic mass is 16.5. The third kappa shape index (κ3) is 6.49. The van der Waals surface area contributed by atoms with Crippen molar-refractivity contribution in [2.24, 2.45) is 5.92 Å². The molecule has 8 nitrogen and oxygen atoms in total. The molecular weight excluding hydrogens is 456 g/mol. The summed E-state index contributed by atoms with van der Waals surface area (Å²) in [6.45, 7) is 3.79. The van der Waals surface area contributed by atoms with E-state index in [9.17, 15) is 9.59 Å². The summed E-state index contributed by atoms with van der Waals surface area (Å²) in [5, 5.41) is 4.13. The maximum Gasteiger partial charge on any atom is 0.224 e. The number of benzene rings is 1. The number of para-hydroxylation sites is 1. The Balaban J connectivity index is 1.49.